The highest BCUT2D eigenvalue weighted by molar-refractivity contribution is 6.31. The van der Waals surface area contributed by atoms with Gasteiger partial charge < -0.3 is 5.32 Å². The molecular formula is C13H10ClF4N3O. The first-order valence-corrected chi connectivity index (χ1v) is 6.49. The molecule has 9 heteroatoms. The van der Waals surface area contributed by atoms with Crippen LogP contribution >= 0.6 is 11.6 Å². The summed E-state index contributed by atoms with van der Waals surface area (Å²) in [5.74, 6) is -7.34. The number of carbonyl (C=O) groups is 1. The van der Waals surface area contributed by atoms with Crippen LogP contribution in [0.25, 0.3) is 0 Å². The number of benzene rings is 1. The molecule has 0 unspecified atom stereocenters. The lowest BCUT2D eigenvalue weighted by atomic mass is 10.2. The lowest BCUT2D eigenvalue weighted by molar-refractivity contribution is -0.116. The van der Waals surface area contributed by atoms with Crippen molar-refractivity contribution >= 4 is 23.2 Å². The molecule has 0 saturated heterocycles. The number of nitrogens with one attached hydrogen (secondary N) is 1. The Bertz CT molecular complexity index is 687. The van der Waals surface area contributed by atoms with E-state index in [2.05, 4.69) is 5.10 Å². The van der Waals surface area contributed by atoms with Crippen LogP contribution in [0, 0.1) is 30.2 Å². The fourth-order valence-electron chi connectivity index (χ4n) is 1.71. The highest BCUT2D eigenvalue weighted by Gasteiger charge is 2.20. The Hall–Kier alpha value is -2.09. The van der Waals surface area contributed by atoms with Gasteiger partial charge in [0.2, 0.25) is 5.91 Å². The number of rotatable bonds is 4. The number of halogens is 5. The Morgan fingerprint density at radius 2 is 1.86 bits per heavy atom. The van der Waals surface area contributed by atoms with Crippen LogP contribution in [0.15, 0.2) is 12.3 Å². The third kappa shape index (κ3) is 3.38. The number of aryl methyl sites for hydroxylation is 2. The minimum absolute atomic E-state index is 0.0643. The second-order valence-electron chi connectivity index (χ2n) is 4.47. The van der Waals surface area contributed by atoms with Crippen LogP contribution in [0.1, 0.15) is 12.1 Å². The van der Waals surface area contributed by atoms with Crippen molar-refractivity contribution in [3.05, 3.63) is 46.2 Å². The number of nitrogens with zero attached hydrogens (tertiary/aromatic N) is 2. The van der Waals surface area contributed by atoms with Crippen LogP contribution < -0.4 is 5.32 Å². The fourth-order valence-corrected chi connectivity index (χ4v) is 1.86. The molecule has 2 aromatic rings. The molecule has 1 aromatic heterocycles. The maximum atomic E-state index is 13.4. The van der Waals surface area contributed by atoms with Crippen LogP contribution in [-0.2, 0) is 11.3 Å². The number of aromatic nitrogens is 2. The number of hydrogen-bond donors (Lipinski definition) is 1. The summed E-state index contributed by atoms with van der Waals surface area (Å²) < 4.78 is 54.2. The second kappa shape index (κ2) is 6.35. The Morgan fingerprint density at radius 3 is 2.36 bits per heavy atom. The molecule has 1 N–H and O–H groups in total. The average Bonchev–Trinajstić information content (AvgIpc) is 2.78. The monoisotopic (exact) mass is 335 g/mol. The standard InChI is InChI=1S/C13H10ClF4N3O/c1-6-7(14)5-21(20-6)3-2-10(22)19-13-11(17)8(15)4-9(16)12(13)18/h4-5H,2-3H2,1H3,(H,19,22). The van der Waals surface area contributed by atoms with Crippen molar-refractivity contribution in [1.29, 1.82) is 0 Å². The van der Waals surface area contributed by atoms with Crippen molar-refractivity contribution in [1.82, 2.24) is 9.78 Å². The average molecular weight is 336 g/mol. The van der Waals surface area contributed by atoms with Gasteiger partial charge in [-0.1, -0.05) is 11.6 Å². The maximum absolute atomic E-state index is 13.4. The largest absolute Gasteiger partial charge is 0.321 e. The van der Waals surface area contributed by atoms with Crippen LogP contribution in [0.2, 0.25) is 5.02 Å². The van der Waals surface area contributed by atoms with E-state index in [1.807, 2.05) is 5.32 Å². The number of carbonyl (C=O) groups excluding carboxylic acids is 1. The van der Waals surface area contributed by atoms with Gasteiger partial charge in [0, 0.05) is 25.2 Å². The molecule has 4 nitrogen and oxygen atoms in total. The molecule has 118 valence electrons. The Morgan fingerprint density at radius 1 is 1.27 bits per heavy atom. The molecule has 2 rings (SSSR count). The normalized spacial score (nSPS) is 10.8. The van der Waals surface area contributed by atoms with E-state index in [4.69, 9.17) is 11.6 Å². The maximum Gasteiger partial charge on any atom is 0.226 e. The fraction of sp³-hybridized carbons (Fsp3) is 0.231. The first kappa shape index (κ1) is 16.3. The summed E-state index contributed by atoms with van der Waals surface area (Å²) in [6, 6.07) is 0.0643. The SMILES string of the molecule is Cc1nn(CCC(=O)Nc2c(F)c(F)cc(F)c2F)cc1Cl. The number of hydrogen-bond acceptors (Lipinski definition) is 2. The molecule has 0 aliphatic carbocycles. The first-order valence-electron chi connectivity index (χ1n) is 6.12. The van der Waals surface area contributed by atoms with Crippen molar-refractivity contribution in [3.63, 3.8) is 0 Å². The minimum atomic E-state index is -1.66. The van der Waals surface area contributed by atoms with Gasteiger partial charge in [0.05, 0.1) is 10.7 Å². The van der Waals surface area contributed by atoms with Crippen LogP contribution in [0.3, 0.4) is 0 Å². The van der Waals surface area contributed by atoms with E-state index in [1.165, 1.54) is 10.9 Å². The molecule has 0 aliphatic rings. The highest BCUT2D eigenvalue weighted by atomic mass is 35.5. The first-order chi connectivity index (χ1) is 10.3. The van der Waals surface area contributed by atoms with Gasteiger partial charge in [-0.25, -0.2) is 17.6 Å². The van der Waals surface area contributed by atoms with E-state index in [1.54, 1.807) is 6.92 Å². The van der Waals surface area contributed by atoms with Crippen molar-refractivity contribution in [3.8, 4) is 0 Å². The summed E-state index contributed by atoms with van der Waals surface area (Å²) in [7, 11) is 0. The quantitative estimate of drug-likeness (QED) is 0.687. The van der Waals surface area contributed by atoms with E-state index < -0.39 is 34.9 Å². The van der Waals surface area contributed by atoms with E-state index in [-0.39, 0.29) is 19.0 Å². The third-order valence-electron chi connectivity index (χ3n) is 2.83. The summed E-state index contributed by atoms with van der Waals surface area (Å²) in [5, 5.41) is 6.21. The van der Waals surface area contributed by atoms with E-state index in [9.17, 15) is 22.4 Å². The van der Waals surface area contributed by atoms with Gasteiger partial charge in [0.1, 0.15) is 5.69 Å². The predicted molar refractivity (Wildman–Crippen MR) is 71.5 cm³/mol. The summed E-state index contributed by atoms with van der Waals surface area (Å²) in [6.07, 6.45) is 1.27. The molecule has 0 radical (unpaired) electrons. The van der Waals surface area contributed by atoms with Crippen molar-refractivity contribution in [2.45, 2.75) is 19.9 Å². The summed E-state index contributed by atoms with van der Waals surface area (Å²) in [6.45, 7) is 1.75. The zero-order chi connectivity index (χ0) is 16.4. The molecule has 0 fully saturated rings. The lowest BCUT2D eigenvalue weighted by Crippen LogP contribution is -2.17. The molecule has 0 aliphatic heterocycles. The van der Waals surface area contributed by atoms with Gasteiger partial charge >= 0.3 is 0 Å². The van der Waals surface area contributed by atoms with Crippen LogP contribution in [-0.4, -0.2) is 15.7 Å². The molecule has 0 spiro atoms. The summed E-state index contributed by atoms with van der Waals surface area (Å²) in [5.41, 5.74) is -0.594. The molecular weight excluding hydrogens is 326 g/mol. The molecule has 0 saturated carbocycles. The molecule has 1 aromatic carbocycles. The van der Waals surface area contributed by atoms with E-state index >= 15 is 0 Å². The van der Waals surface area contributed by atoms with Gasteiger partial charge in [-0.3, -0.25) is 9.48 Å². The topological polar surface area (TPSA) is 46.9 Å². The number of anilines is 1. The third-order valence-corrected chi connectivity index (χ3v) is 3.20. The van der Waals surface area contributed by atoms with Crippen molar-refractivity contribution in [2.24, 2.45) is 0 Å². The van der Waals surface area contributed by atoms with Gasteiger partial charge in [0.25, 0.3) is 0 Å². The summed E-state index contributed by atoms with van der Waals surface area (Å²) >= 11 is 5.78. The zero-order valence-corrected chi connectivity index (χ0v) is 12.0. The van der Waals surface area contributed by atoms with Crippen LogP contribution in [0.5, 0.6) is 0 Å². The predicted octanol–water partition coefficient (Wildman–Crippen LogP) is 3.43. The number of amides is 1. The summed E-state index contributed by atoms with van der Waals surface area (Å²) in [4.78, 5) is 11.6. The highest BCUT2D eigenvalue weighted by Crippen LogP contribution is 2.24. The molecule has 22 heavy (non-hydrogen) atoms. The van der Waals surface area contributed by atoms with Crippen molar-refractivity contribution in [2.75, 3.05) is 5.32 Å². The van der Waals surface area contributed by atoms with E-state index in [0.29, 0.717) is 10.7 Å². The molecule has 1 amide bonds. The van der Waals surface area contributed by atoms with Crippen molar-refractivity contribution < 1.29 is 22.4 Å². The zero-order valence-electron chi connectivity index (χ0n) is 11.3. The lowest BCUT2D eigenvalue weighted by Gasteiger charge is -2.09. The Balaban J connectivity index is 2.06. The molecule has 0 bridgehead atoms. The van der Waals surface area contributed by atoms with E-state index in [0.717, 1.165) is 0 Å². The Labute approximate surface area is 127 Å². The van der Waals surface area contributed by atoms with Gasteiger partial charge in [0.15, 0.2) is 23.3 Å². The molecule has 1 heterocycles. The van der Waals surface area contributed by atoms with Gasteiger partial charge in [-0.2, -0.15) is 5.10 Å². The smallest absolute Gasteiger partial charge is 0.226 e. The van der Waals surface area contributed by atoms with Gasteiger partial charge in [-0.15, -0.1) is 0 Å². The molecule has 0 atom stereocenters. The minimum Gasteiger partial charge on any atom is -0.321 e. The Kier molecular flexibility index (Phi) is 4.70. The second-order valence-corrected chi connectivity index (χ2v) is 4.87. The van der Waals surface area contributed by atoms with Gasteiger partial charge in [-0.05, 0) is 6.92 Å². The van der Waals surface area contributed by atoms with Crippen LogP contribution in [0.4, 0.5) is 23.2 Å².